The molecule has 1 aromatic heterocycles. The van der Waals surface area contributed by atoms with Gasteiger partial charge in [-0.15, -0.1) is 0 Å². The number of halogens is 1. The van der Waals surface area contributed by atoms with Crippen LogP contribution in [0.1, 0.15) is 34.5 Å². The lowest BCUT2D eigenvalue weighted by molar-refractivity contribution is 0.0726. The molecule has 1 saturated carbocycles. The Balaban J connectivity index is 1.55. The number of rotatable bonds is 6. The van der Waals surface area contributed by atoms with Gasteiger partial charge in [-0.05, 0) is 48.7 Å². The third kappa shape index (κ3) is 3.83. The molecule has 1 aliphatic carbocycles. The van der Waals surface area contributed by atoms with E-state index in [0.29, 0.717) is 23.2 Å². The molecule has 1 amide bonds. The molecule has 0 bridgehead atoms. The highest BCUT2D eigenvalue weighted by Crippen LogP contribution is 2.30. The first-order valence-electron chi connectivity index (χ1n) is 8.95. The highest BCUT2D eigenvalue weighted by atomic mass is 35.5. The van der Waals surface area contributed by atoms with Crippen molar-refractivity contribution in [3.63, 3.8) is 0 Å². The van der Waals surface area contributed by atoms with Crippen LogP contribution in [-0.4, -0.2) is 21.4 Å². The van der Waals surface area contributed by atoms with Crippen molar-refractivity contribution in [3.8, 4) is 0 Å². The monoisotopic (exact) mass is 364 g/mol. The number of carbonyl (C=O) groups is 1. The smallest absolute Gasteiger partial charge is 0.254 e. The van der Waals surface area contributed by atoms with Gasteiger partial charge in [-0.2, -0.15) is 0 Å². The van der Waals surface area contributed by atoms with E-state index in [9.17, 15) is 4.79 Å². The van der Waals surface area contributed by atoms with E-state index in [0.717, 1.165) is 25.1 Å². The lowest BCUT2D eigenvalue weighted by atomic mass is 10.2. The molecule has 0 unspecified atom stereocenters. The van der Waals surface area contributed by atoms with Crippen molar-refractivity contribution in [1.29, 1.82) is 0 Å². The molecule has 0 aliphatic heterocycles. The molecule has 3 aromatic rings. The molecule has 4 heteroatoms. The van der Waals surface area contributed by atoms with Gasteiger partial charge in [0, 0.05) is 35.1 Å². The summed E-state index contributed by atoms with van der Waals surface area (Å²) in [5.41, 5.74) is 3.06. The van der Waals surface area contributed by atoms with Crippen LogP contribution in [-0.2, 0) is 13.1 Å². The molecule has 1 heterocycles. The molecule has 3 nitrogen and oxygen atoms in total. The van der Waals surface area contributed by atoms with E-state index in [1.54, 1.807) is 12.1 Å². The Morgan fingerprint density at radius 2 is 1.85 bits per heavy atom. The summed E-state index contributed by atoms with van der Waals surface area (Å²) in [6.45, 7) is 1.43. The SMILES string of the molecule is O=C(c1cccc(Cl)c1)N(Cc1cccn1Cc1ccccc1)C1CC1. The van der Waals surface area contributed by atoms with Gasteiger partial charge < -0.3 is 9.47 Å². The molecule has 1 aliphatic rings. The predicted octanol–water partition coefficient (Wildman–Crippen LogP) is 4.99. The predicted molar refractivity (Wildman–Crippen MR) is 104 cm³/mol. The average Bonchev–Trinajstić information content (AvgIpc) is 3.41. The first kappa shape index (κ1) is 16.9. The fourth-order valence-corrected chi connectivity index (χ4v) is 3.43. The summed E-state index contributed by atoms with van der Waals surface area (Å²) in [6.07, 6.45) is 4.23. The minimum Gasteiger partial charge on any atom is -0.345 e. The van der Waals surface area contributed by atoms with Crippen molar-refractivity contribution in [2.75, 3.05) is 0 Å². The van der Waals surface area contributed by atoms with E-state index in [1.165, 1.54) is 5.56 Å². The van der Waals surface area contributed by atoms with Gasteiger partial charge in [0.1, 0.15) is 0 Å². The fourth-order valence-electron chi connectivity index (χ4n) is 3.24. The molecular weight excluding hydrogens is 344 g/mol. The van der Waals surface area contributed by atoms with E-state index < -0.39 is 0 Å². The number of aromatic nitrogens is 1. The molecule has 2 aromatic carbocycles. The molecule has 0 N–H and O–H groups in total. The molecule has 0 atom stereocenters. The summed E-state index contributed by atoms with van der Waals surface area (Å²) in [6, 6.07) is 22.1. The number of amides is 1. The van der Waals surface area contributed by atoms with Crippen LogP contribution in [0.25, 0.3) is 0 Å². The van der Waals surface area contributed by atoms with Crippen molar-refractivity contribution in [3.05, 3.63) is 94.8 Å². The summed E-state index contributed by atoms with van der Waals surface area (Å²) < 4.78 is 2.22. The second-order valence-electron chi connectivity index (χ2n) is 6.79. The maximum absolute atomic E-state index is 13.0. The molecule has 4 rings (SSSR count). The van der Waals surface area contributed by atoms with Crippen LogP contribution in [0.15, 0.2) is 72.9 Å². The van der Waals surface area contributed by atoms with Gasteiger partial charge in [0.15, 0.2) is 0 Å². The lowest BCUT2D eigenvalue weighted by Crippen LogP contribution is -2.33. The van der Waals surface area contributed by atoms with Crippen molar-refractivity contribution < 1.29 is 4.79 Å². The average molecular weight is 365 g/mol. The van der Waals surface area contributed by atoms with E-state index in [2.05, 4.69) is 41.1 Å². The Hall–Kier alpha value is -2.52. The van der Waals surface area contributed by atoms with Gasteiger partial charge in [-0.3, -0.25) is 4.79 Å². The zero-order valence-corrected chi connectivity index (χ0v) is 15.3. The highest BCUT2D eigenvalue weighted by molar-refractivity contribution is 6.30. The Morgan fingerprint density at radius 3 is 2.58 bits per heavy atom. The van der Waals surface area contributed by atoms with Gasteiger partial charge in [0.05, 0.1) is 6.54 Å². The number of benzene rings is 2. The molecule has 132 valence electrons. The number of nitrogens with zero attached hydrogens (tertiary/aromatic N) is 2. The summed E-state index contributed by atoms with van der Waals surface area (Å²) in [7, 11) is 0. The van der Waals surface area contributed by atoms with Crippen LogP contribution < -0.4 is 0 Å². The topological polar surface area (TPSA) is 25.2 Å². The van der Waals surface area contributed by atoms with Gasteiger partial charge in [0.25, 0.3) is 5.91 Å². The molecule has 26 heavy (non-hydrogen) atoms. The van der Waals surface area contributed by atoms with Crippen LogP contribution in [0.4, 0.5) is 0 Å². The second-order valence-corrected chi connectivity index (χ2v) is 7.22. The van der Waals surface area contributed by atoms with Crippen LogP contribution in [0.5, 0.6) is 0 Å². The van der Waals surface area contributed by atoms with E-state index in [4.69, 9.17) is 11.6 Å². The summed E-state index contributed by atoms with van der Waals surface area (Å²) in [4.78, 5) is 15.0. The van der Waals surface area contributed by atoms with Crippen molar-refractivity contribution in [2.24, 2.45) is 0 Å². The number of hydrogen-bond donors (Lipinski definition) is 0. The maximum Gasteiger partial charge on any atom is 0.254 e. The summed E-state index contributed by atoms with van der Waals surface area (Å²) >= 11 is 6.07. The van der Waals surface area contributed by atoms with Crippen molar-refractivity contribution in [2.45, 2.75) is 32.0 Å². The Labute approximate surface area is 158 Å². The third-order valence-corrected chi connectivity index (χ3v) is 5.01. The number of carbonyl (C=O) groups excluding carboxylic acids is 1. The van der Waals surface area contributed by atoms with Gasteiger partial charge >= 0.3 is 0 Å². The first-order chi connectivity index (χ1) is 12.7. The standard InChI is InChI=1S/C22H21ClN2O/c23-19-9-4-8-18(14-19)22(26)25(20-11-12-20)16-21-10-5-13-24(21)15-17-6-2-1-3-7-17/h1-10,13-14,20H,11-12,15-16H2. The molecule has 0 radical (unpaired) electrons. The van der Waals surface area contributed by atoms with Crippen LogP contribution in [0.2, 0.25) is 5.02 Å². The summed E-state index contributed by atoms with van der Waals surface area (Å²) in [5, 5.41) is 0.596. The number of hydrogen-bond acceptors (Lipinski definition) is 1. The zero-order chi connectivity index (χ0) is 17.9. The van der Waals surface area contributed by atoms with Crippen molar-refractivity contribution >= 4 is 17.5 Å². The largest absolute Gasteiger partial charge is 0.345 e. The molecule has 0 spiro atoms. The Kier molecular flexibility index (Phi) is 4.81. The quantitative estimate of drug-likeness (QED) is 0.604. The zero-order valence-electron chi connectivity index (χ0n) is 14.5. The molecule has 1 fully saturated rings. The van der Waals surface area contributed by atoms with E-state index >= 15 is 0 Å². The van der Waals surface area contributed by atoms with Crippen LogP contribution >= 0.6 is 11.6 Å². The minimum absolute atomic E-state index is 0.0578. The first-order valence-corrected chi connectivity index (χ1v) is 9.33. The van der Waals surface area contributed by atoms with Gasteiger partial charge in [0.2, 0.25) is 0 Å². The Morgan fingerprint density at radius 1 is 1.04 bits per heavy atom. The van der Waals surface area contributed by atoms with Gasteiger partial charge in [-0.25, -0.2) is 0 Å². The minimum atomic E-state index is 0.0578. The van der Waals surface area contributed by atoms with Crippen LogP contribution in [0.3, 0.4) is 0 Å². The lowest BCUT2D eigenvalue weighted by Gasteiger charge is -2.23. The van der Waals surface area contributed by atoms with Crippen LogP contribution in [0, 0.1) is 0 Å². The highest BCUT2D eigenvalue weighted by Gasteiger charge is 2.33. The molecule has 0 saturated heterocycles. The Bertz CT molecular complexity index is 899. The maximum atomic E-state index is 13.0. The normalized spacial score (nSPS) is 13.6. The second kappa shape index (κ2) is 7.38. The van der Waals surface area contributed by atoms with E-state index in [1.807, 2.05) is 29.2 Å². The molecular formula is C22H21ClN2O. The fraction of sp³-hybridized carbons (Fsp3) is 0.227. The van der Waals surface area contributed by atoms with E-state index in [-0.39, 0.29) is 5.91 Å². The van der Waals surface area contributed by atoms with Gasteiger partial charge in [-0.1, -0.05) is 48.0 Å². The summed E-state index contributed by atoms with van der Waals surface area (Å²) in [5.74, 6) is 0.0578. The van der Waals surface area contributed by atoms with Crippen molar-refractivity contribution in [1.82, 2.24) is 9.47 Å². The third-order valence-electron chi connectivity index (χ3n) is 4.77.